The lowest BCUT2D eigenvalue weighted by molar-refractivity contribution is 0.0483. The second-order valence-corrected chi connectivity index (χ2v) is 7.69. The number of rotatable bonds is 1. The molecule has 0 saturated carbocycles. The van der Waals surface area contributed by atoms with E-state index in [0.717, 1.165) is 58.7 Å². The molecule has 5 nitrogen and oxygen atoms in total. The third kappa shape index (κ3) is 2.93. The van der Waals surface area contributed by atoms with Crippen LogP contribution in [-0.2, 0) is 12.0 Å². The summed E-state index contributed by atoms with van der Waals surface area (Å²) < 4.78 is 6.62. The average Bonchev–Trinajstić information content (AvgIpc) is 2.79. The maximum absolute atomic E-state index is 9.35. The van der Waals surface area contributed by atoms with Crippen molar-refractivity contribution < 1.29 is 4.74 Å². The number of aryl methyl sites for hydroxylation is 1. The quantitative estimate of drug-likeness (QED) is 0.553. The van der Waals surface area contributed by atoms with Gasteiger partial charge in [-0.25, -0.2) is 0 Å². The summed E-state index contributed by atoms with van der Waals surface area (Å²) in [6, 6.07) is 19.6. The highest BCUT2D eigenvalue weighted by Gasteiger charge is 2.44. The maximum Gasteiger partial charge on any atom is 0.205 e. The normalized spacial score (nSPS) is 20.5. The van der Waals surface area contributed by atoms with Gasteiger partial charge in [-0.3, -0.25) is 4.98 Å². The molecule has 1 spiro atoms. The Morgan fingerprint density at radius 3 is 2.80 bits per heavy atom. The van der Waals surface area contributed by atoms with Crippen molar-refractivity contribution in [3.05, 3.63) is 83.2 Å². The van der Waals surface area contributed by atoms with Gasteiger partial charge in [0.1, 0.15) is 11.4 Å². The maximum atomic E-state index is 9.35. The molecule has 0 N–H and O–H groups in total. The number of aromatic nitrogens is 1. The van der Waals surface area contributed by atoms with Gasteiger partial charge in [-0.05, 0) is 60.7 Å². The zero-order valence-electron chi connectivity index (χ0n) is 16.3. The van der Waals surface area contributed by atoms with Crippen LogP contribution in [0.25, 0.3) is 11.1 Å². The van der Waals surface area contributed by atoms with Crippen LogP contribution in [0.4, 0.5) is 0 Å². The van der Waals surface area contributed by atoms with Crippen molar-refractivity contribution in [3.63, 3.8) is 0 Å². The second-order valence-electron chi connectivity index (χ2n) is 7.69. The van der Waals surface area contributed by atoms with Crippen molar-refractivity contribution in [1.29, 1.82) is 10.5 Å². The highest BCUT2D eigenvalue weighted by molar-refractivity contribution is 6.06. The lowest BCUT2D eigenvalue weighted by atomic mass is 9.75. The molecule has 1 unspecified atom stereocenters. The fourth-order valence-electron chi connectivity index (χ4n) is 4.58. The summed E-state index contributed by atoms with van der Waals surface area (Å²) >= 11 is 0. The molecule has 1 aliphatic heterocycles. The molecule has 5 heteroatoms. The van der Waals surface area contributed by atoms with E-state index in [1.54, 1.807) is 6.07 Å². The summed E-state index contributed by atoms with van der Waals surface area (Å²) in [5.41, 5.74) is 5.70. The van der Waals surface area contributed by atoms with Gasteiger partial charge in [0.25, 0.3) is 0 Å². The molecule has 2 aliphatic rings. The van der Waals surface area contributed by atoms with E-state index in [2.05, 4.69) is 22.1 Å². The van der Waals surface area contributed by atoms with Gasteiger partial charge in [0.15, 0.2) is 0 Å². The lowest BCUT2D eigenvalue weighted by Crippen LogP contribution is -2.42. The van der Waals surface area contributed by atoms with Crippen molar-refractivity contribution >= 4 is 5.71 Å². The Labute approximate surface area is 174 Å². The third-order valence-electron chi connectivity index (χ3n) is 5.93. The molecule has 2 heterocycles. The topological polar surface area (TPSA) is 82.1 Å². The van der Waals surface area contributed by atoms with E-state index in [4.69, 9.17) is 4.74 Å². The van der Waals surface area contributed by atoms with Crippen molar-refractivity contribution in [1.82, 2.24) is 4.98 Å². The number of fused-ring (bicyclic) bond motifs is 3. The van der Waals surface area contributed by atoms with E-state index in [-0.39, 0.29) is 0 Å². The summed E-state index contributed by atoms with van der Waals surface area (Å²) in [5.74, 6) is 0.729. The number of benzene rings is 2. The summed E-state index contributed by atoms with van der Waals surface area (Å²) in [7, 11) is 0. The number of ether oxygens (including phenoxy) is 1. The predicted octanol–water partition coefficient (Wildman–Crippen LogP) is 4.90. The first kappa shape index (κ1) is 18.1. The van der Waals surface area contributed by atoms with Gasteiger partial charge in [-0.2, -0.15) is 15.5 Å². The van der Waals surface area contributed by atoms with Gasteiger partial charge >= 0.3 is 0 Å². The van der Waals surface area contributed by atoms with E-state index in [1.807, 2.05) is 54.9 Å². The molecule has 144 valence electrons. The van der Waals surface area contributed by atoms with E-state index in [9.17, 15) is 10.5 Å². The summed E-state index contributed by atoms with van der Waals surface area (Å²) in [6.45, 7) is 0. The minimum atomic E-state index is -0.535. The molecule has 2 aromatic carbocycles. The molecule has 0 bridgehead atoms. The Balaban J connectivity index is 1.63. The van der Waals surface area contributed by atoms with E-state index >= 15 is 0 Å². The van der Waals surface area contributed by atoms with Gasteiger partial charge in [0, 0.05) is 29.4 Å². The van der Waals surface area contributed by atoms with Crippen LogP contribution in [0.2, 0.25) is 0 Å². The van der Waals surface area contributed by atoms with Crippen LogP contribution in [0.3, 0.4) is 0 Å². The molecule has 1 aliphatic carbocycles. The van der Waals surface area contributed by atoms with E-state index in [0.29, 0.717) is 12.0 Å². The summed E-state index contributed by atoms with van der Waals surface area (Å²) in [4.78, 5) is 8.74. The molecule has 1 aromatic heterocycles. The largest absolute Gasteiger partial charge is 0.481 e. The van der Waals surface area contributed by atoms with Crippen LogP contribution in [0.15, 0.2) is 65.8 Å². The first-order chi connectivity index (χ1) is 14.7. The molecule has 0 fully saturated rings. The SMILES string of the molecule is N#C/N=C1\CC2(CCCc3ncccc32)Oc2ccc(-c3cccc(C#N)c3)cc21. The van der Waals surface area contributed by atoms with Crippen LogP contribution in [0.1, 0.15) is 41.6 Å². The smallest absolute Gasteiger partial charge is 0.205 e. The third-order valence-corrected chi connectivity index (χ3v) is 5.93. The first-order valence-corrected chi connectivity index (χ1v) is 9.96. The predicted molar refractivity (Wildman–Crippen MR) is 113 cm³/mol. The molecule has 0 saturated heterocycles. The lowest BCUT2D eigenvalue weighted by Gasteiger charge is -2.42. The van der Waals surface area contributed by atoms with E-state index in [1.165, 1.54) is 0 Å². The van der Waals surface area contributed by atoms with Crippen LogP contribution in [-0.4, -0.2) is 10.7 Å². The van der Waals surface area contributed by atoms with Gasteiger partial charge in [-0.1, -0.05) is 24.3 Å². The Bertz CT molecular complexity index is 1260. The summed E-state index contributed by atoms with van der Waals surface area (Å²) in [6.07, 6.45) is 7.12. The fourth-order valence-corrected chi connectivity index (χ4v) is 4.58. The summed E-state index contributed by atoms with van der Waals surface area (Å²) in [5, 5.41) is 18.6. The van der Waals surface area contributed by atoms with Crippen LogP contribution in [0, 0.1) is 22.8 Å². The van der Waals surface area contributed by atoms with Crippen LogP contribution < -0.4 is 4.74 Å². The number of hydrogen-bond acceptors (Lipinski definition) is 5. The Morgan fingerprint density at radius 2 is 1.93 bits per heavy atom. The first-order valence-electron chi connectivity index (χ1n) is 9.96. The highest BCUT2D eigenvalue weighted by atomic mass is 16.5. The number of pyridine rings is 1. The van der Waals surface area contributed by atoms with Crippen LogP contribution in [0.5, 0.6) is 5.75 Å². The zero-order chi connectivity index (χ0) is 20.6. The monoisotopic (exact) mass is 390 g/mol. The molecule has 0 amide bonds. The Kier molecular flexibility index (Phi) is 4.30. The van der Waals surface area contributed by atoms with Gasteiger partial charge in [0.2, 0.25) is 6.19 Å². The number of hydrogen-bond donors (Lipinski definition) is 0. The molecule has 30 heavy (non-hydrogen) atoms. The minimum absolute atomic E-state index is 0.535. The average molecular weight is 390 g/mol. The standard InChI is InChI=1S/C25H18N4O/c26-15-17-4-1-5-18(12-17)19-8-9-24-20(13-19)23(29-16-27)14-25(30-24)10-2-7-22-21(25)6-3-11-28-22/h1,3-6,8-9,11-13H,2,7,10,14H2/b29-23+. The minimum Gasteiger partial charge on any atom is -0.481 e. The van der Waals surface area contributed by atoms with Crippen molar-refractivity contribution in [3.8, 4) is 29.1 Å². The molecule has 1 atom stereocenters. The van der Waals surface area contributed by atoms with Gasteiger partial charge in [0.05, 0.1) is 17.3 Å². The molecule has 5 rings (SSSR count). The van der Waals surface area contributed by atoms with Crippen molar-refractivity contribution in [2.75, 3.05) is 0 Å². The molecule has 3 aromatic rings. The fraction of sp³-hybridized carbons (Fsp3) is 0.200. The van der Waals surface area contributed by atoms with Gasteiger partial charge in [-0.15, -0.1) is 0 Å². The Hall–Kier alpha value is -3.96. The van der Waals surface area contributed by atoms with Crippen molar-refractivity contribution in [2.45, 2.75) is 31.3 Å². The van der Waals surface area contributed by atoms with Gasteiger partial charge < -0.3 is 4.74 Å². The molecular formula is C25H18N4O. The second kappa shape index (κ2) is 7.13. The van der Waals surface area contributed by atoms with E-state index < -0.39 is 5.60 Å². The molecular weight excluding hydrogens is 372 g/mol. The number of aliphatic imine (C=N–C) groups is 1. The molecule has 0 radical (unpaired) electrons. The van der Waals surface area contributed by atoms with Crippen LogP contribution >= 0.6 is 0 Å². The van der Waals surface area contributed by atoms with Crippen molar-refractivity contribution in [2.24, 2.45) is 4.99 Å². The number of nitriles is 2. The zero-order valence-corrected chi connectivity index (χ0v) is 16.3. The Morgan fingerprint density at radius 1 is 1.03 bits per heavy atom. The highest BCUT2D eigenvalue weighted by Crippen LogP contribution is 2.47. The number of nitrogens with zero attached hydrogens (tertiary/aromatic N) is 4.